The molecule has 1 N–H and O–H groups in total. The molecule has 1 rings (SSSR count). The molecule has 0 bridgehead atoms. The Kier molecular flexibility index (Phi) is 5.32. The van der Waals surface area contributed by atoms with Crippen molar-refractivity contribution >= 4 is 5.97 Å². The molecule has 0 aromatic carbocycles. The van der Waals surface area contributed by atoms with Gasteiger partial charge in [0.25, 0.3) is 0 Å². The number of aliphatic carboxylic acids is 1. The van der Waals surface area contributed by atoms with Gasteiger partial charge in [0.15, 0.2) is 0 Å². The molecular weight excluding hydrogens is 232 g/mol. The van der Waals surface area contributed by atoms with Crippen LogP contribution in [0.2, 0.25) is 0 Å². The molecule has 0 radical (unpaired) electrons. The number of hydrogen-bond donors (Lipinski definition) is 1. The van der Waals surface area contributed by atoms with Crippen molar-refractivity contribution in [2.24, 2.45) is 0 Å². The Bertz CT molecular complexity index is 365. The second kappa shape index (κ2) is 6.78. The number of nitrogens with zero attached hydrogens (tertiary/aromatic N) is 1. The van der Waals surface area contributed by atoms with Crippen molar-refractivity contribution in [1.29, 1.82) is 0 Å². The van der Waals surface area contributed by atoms with E-state index in [9.17, 15) is 13.6 Å². The van der Waals surface area contributed by atoms with Gasteiger partial charge in [0, 0.05) is 18.6 Å². The van der Waals surface area contributed by atoms with Crippen molar-refractivity contribution in [3.05, 3.63) is 24.0 Å². The summed E-state index contributed by atoms with van der Waals surface area (Å²) in [7, 11) is 0. The second-order valence-electron chi connectivity index (χ2n) is 3.50. The minimum absolute atomic E-state index is 0.0910. The lowest BCUT2D eigenvalue weighted by molar-refractivity contribution is -0.137. The molecule has 0 spiro atoms. The summed E-state index contributed by atoms with van der Waals surface area (Å²) < 4.78 is 30.4. The molecule has 94 valence electrons. The van der Waals surface area contributed by atoms with Crippen LogP contribution in [-0.2, 0) is 4.79 Å². The van der Waals surface area contributed by atoms with Crippen molar-refractivity contribution in [1.82, 2.24) is 4.98 Å². The molecule has 0 aliphatic carbocycles. The number of carboxylic acids is 1. The van der Waals surface area contributed by atoms with Gasteiger partial charge in [-0.05, 0) is 19.3 Å². The maximum atomic E-state index is 12.7. The lowest BCUT2D eigenvalue weighted by Crippen LogP contribution is -2.00. The molecule has 0 saturated carbocycles. The molecule has 4 nitrogen and oxygen atoms in total. The number of rotatable bonds is 7. The summed E-state index contributed by atoms with van der Waals surface area (Å²) in [6, 6.07) is 2.00. The van der Waals surface area contributed by atoms with Crippen molar-refractivity contribution in [2.45, 2.75) is 25.7 Å². The van der Waals surface area contributed by atoms with E-state index in [0.717, 1.165) is 12.1 Å². The average molecular weight is 245 g/mol. The van der Waals surface area contributed by atoms with Crippen LogP contribution in [0.3, 0.4) is 0 Å². The first kappa shape index (κ1) is 13.3. The van der Waals surface area contributed by atoms with E-state index >= 15 is 0 Å². The highest BCUT2D eigenvalue weighted by molar-refractivity contribution is 5.66. The molecule has 1 aromatic rings. The number of hydrogen-bond acceptors (Lipinski definition) is 3. The van der Waals surface area contributed by atoms with Crippen LogP contribution in [0.1, 0.15) is 25.7 Å². The minimum atomic E-state index is -0.925. The highest BCUT2D eigenvalue weighted by Gasteiger charge is 2.02. The first-order valence-electron chi connectivity index (χ1n) is 5.25. The van der Waals surface area contributed by atoms with Gasteiger partial charge in [0.1, 0.15) is 5.75 Å². The van der Waals surface area contributed by atoms with Crippen LogP contribution in [0, 0.1) is 11.9 Å². The number of unbranched alkanes of at least 4 members (excludes halogenated alkanes) is 2. The topological polar surface area (TPSA) is 59.4 Å². The molecule has 6 heteroatoms. The molecule has 0 amide bonds. The molecular formula is C11H13F2NO3. The number of pyridine rings is 1. The smallest absolute Gasteiger partial charge is 0.303 e. The molecule has 0 saturated heterocycles. The van der Waals surface area contributed by atoms with Crippen molar-refractivity contribution in [3.8, 4) is 5.75 Å². The van der Waals surface area contributed by atoms with Gasteiger partial charge in [-0.1, -0.05) is 0 Å². The number of carboxylic acid groups (broad SMARTS) is 1. The minimum Gasteiger partial charge on any atom is -0.493 e. The Morgan fingerprint density at radius 3 is 2.47 bits per heavy atom. The van der Waals surface area contributed by atoms with Crippen LogP contribution < -0.4 is 4.74 Å². The normalized spacial score (nSPS) is 10.2. The molecule has 0 fully saturated rings. The maximum Gasteiger partial charge on any atom is 0.303 e. The van der Waals surface area contributed by atoms with E-state index in [1.807, 2.05) is 0 Å². The third-order valence-corrected chi connectivity index (χ3v) is 2.04. The summed E-state index contributed by atoms with van der Waals surface area (Å²) in [4.78, 5) is 13.1. The van der Waals surface area contributed by atoms with Gasteiger partial charge in [0.05, 0.1) is 6.61 Å². The van der Waals surface area contributed by atoms with Gasteiger partial charge in [0.2, 0.25) is 11.9 Å². The fourth-order valence-corrected chi connectivity index (χ4v) is 1.27. The third-order valence-electron chi connectivity index (χ3n) is 2.04. The third kappa shape index (κ3) is 5.79. The Morgan fingerprint density at radius 2 is 1.88 bits per heavy atom. The zero-order chi connectivity index (χ0) is 12.7. The van der Waals surface area contributed by atoms with Gasteiger partial charge < -0.3 is 9.84 Å². The maximum absolute atomic E-state index is 12.7. The Morgan fingerprint density at radius 1 is 1.24 bits per heavy atom. The van der Waals surface area contributed by atoms with Crippen molar-refractivity contribution in [3.63, 3.8) is 0 Å². The van der Waals surface area contributed by atoms with Gasteiger partial charge in [-0.15, -0.1) is 0 Å². The first-order chi connectivity index (χ1) is 8.08. The lowest BCUT2D eigenvalue weighted by atomic mass is 10.2. The van der Waals surface area contributed by atoms with E-state index in [-0.39, 0.29) is 12.2 Å². The summed E-state index contributed by atoms with van der Waals surface area (Å²) in [5, 5.41) is 8.39. The van der Waals surface area contributed by atoms with E-state index in [2.05, 4.69) is 4.98 Å². The number of carbonyl (C=O) groups is 1. The van der Waals surface area contributed by atoms with E-state index in [0.29, 0.717) is 25.9 Å². The van der Waals surface area contributed by atoms with Crippen LogP contribution in [0.15, 0.2) is 12.1 Å². The molecule has 0 unspecified atom stereocenters. The lowest BCUT2D eigenvalue weighted by Gasteiger charge is -2.05. The zero-order valence-corrected chi connectivity index (χ0v) is 9.16. The van der Waals surface area contributed by atoms with Crippen LogP contribution in [0.4, 0.5) is 8.78 Å². The highest BCUT2D eigenvalue weighted by Crippen LogP contribution is 2.13. The van der Waals surface area contributed by atoms with E-state index in [1.165, 1.54) is 0 Å². The van der Waals surface area contributed by atoms with Gasteiger partial charge in [-0.25, -0.2) is 0 Å². The van der Waals surface area contributed by atoms with Crippen molar-refractivity contribution in [2.75, 3.05) is 6.61 Å². The predicted molar refractivity (Wildman–Crippen MR) is 55.8 cm³/mol. The molecule has 1 heterocycles. The summed E-state index contributed by atoms with van der Waals surface area (Å²) in [6.07, 6.45) is 2.03. The summed E-state index contributed by atoms with van der Waals surface area (Å²) in [6.45, 7) is 0.294. The SMILES string of the molecule is O=C(O)CCCCCOc1cc(F)nc(F)c1. The summed E-state index contributed by atoms with van der Waals surface area (Å²) >= 11 is 0. The van der Waals surface area contributed by atoms with Gasteiger partial charge in [-0.3, -0.25) is 4.79 Å². The Labute approximate surface area is 97.2 Å². The molecule has 1 aromatic heterocycles. The van der Waals surface area contributed by atoms with Gasteiger partial charge in [-0.2, -0.15) is 13.8 Å². The summed E-state index contributed by atoms with van der Waals surface area (Å²) in [5.74, 6) is -2.59. The average Bonchev–Trinajstić information content (AvgIpc) is 2.21. The second-order valence-corrected chi connectivity index (χ2v) is 3.50. The quantitative estimate of drug-likeness (QED) is 0.592. The van der Waals surface area contributed by atoms with Crippen LogP contribution in [0.25, 0.3) is 0 Å². The molecule has 0 aliphatic heterocycles. The number of aromatic nitrogens is 1. The highest BCUT2D eigenvalue weighted by atomic mass is 19.1. The van der Waals surface area contributed by atoms with Crippen LogP contribution in [-0.4, -0.2) is 22.7 Å². The van der Waals surface area contributed by atoms with Gasteiger partial charge >= 0.3 is 5.97 Å². The monoisotopic (exact) mass is 245 g/mol. The first-order valence-corrected chi connectivity index (χ1v) is 5.25. The Hall–Kier alpha value is -1.72. The van der Waals surface area contributed by atoms with E-state index < -0.39 is 17.9 Å². The van der Waals surface area contributed by atoms with E-state index in [4.69, 9.17) is 9.84 Å². The summed E-state index contributed by atoms with van der Waals surface area (Å²) in [5.41, 5.74) is 0. The zero-order valence-electron chi connectivity index (χ0n) is 9.16. The molecule has 0 atom stereocenters. The molecule has 17 heavy (non-hydrogen) atoms. The van der Waals surface area contributed by atoms with E-state index in [1.54, 1.807) is 0 Å². The number of ether oxygens (including phenoxy) is 1. The fourth-order valence-electron chi connectivity index (χ4n) is 1.27. The van der Waals surface area contributed by atoms with Crippen LogP contribution in [0.5, 0.6) is 5.75 Å². The molecule has 0 aliphatic rings. The standard InChI is InChI=1S/C11H13F2NO3/c12-9-6-8(7-10(13)14-9)17-5-3-1-2-4-11(15)16/h6-7H,1-5H2,(H,15,16). The predicted octanol–water partition coefficient (Wildman–Crippen LogP) is 2.38. The number of halogens is 2. The largest absolute Gasteiger partial charge is 0.493 e. The van der Waals surface area contributed by atoms with Crippen LogP contribution >= 0.6 is 0 Å². The van der Waals surface area contributed by atoms with Crippen molar-refractivity contribution < 1.29 is 23.4 Å². The fraction of sp³-hybridized carbons (Fsp3) is 0.455. The Balaban J connectivity index is 2.20.